The number of halogens is 1. The number of carbonyl (C=O) groups is 2. The molecule has 0 saturated carbocycles. The molecule has 2 N–H and O–H groups in total. The highest BCUT2D eigenvalue weighted by Crippen LogP contribution is 2.24. The van der Waals surface area contributed by atoms with Crippen molar-refractivity contribution in [3.63, 3.8) is 0 Å². The van der Waals surface area contributed by atoms with Gasteiger partial charge in [0.25, 0.3) is 11.8 Å². The van der Waals surface area contributed by atoms with Gasteiger partial charge in [-0.2, -0.15) is 0 Å². The molecule has 0 spiro atoms. The molecule has 0 radical (unpaired) electrons. The van der Waals surface area contributed by atoms with Gasteiger partial charge in [-0.1, -0.05) is 41.4 Å². The first-order valence-electron chi connectivity index (χ1n) is 10.2. The summed E-state index contributed by atoms with van der Waals surface area (Å²) in [5.41, 5.74) is 2.28. The molecule has 0 saturated heterocycles. The Morgan fingerprint density at radius 3 is 1.78 bits per heavy atom. The number of aryl methyl sites for hydroxylation is 1. The lowest BCUT2D eigenvalue weighted by atomic mass is 10.2. The molecule has 0 aromatic heterocycles. The van der Waals surface area contributed by atoms with Gasteiger partial charge in [0, 0.05) is 11.4 Å². The minimum absolute atomic E-state index is 0.274. The number of benzene rings is 3. The SMILES string of the molecule is Cc1ccc(OC(C)C(=O)Nc2ccc(NC(=O)C(C)Oc3ccccc3Cl)cc2)cc1. The van der Waals surface area contributed by atoms with Crippen molar-refractivity contribution >= 4 is 34.8 Å². The van der Waals surface area contributed by atoms with E-state index in [0.29, 0.717) is 27.9 Å². The molecule has 0 fully saturated rings. The number of carbonyl (C=O) groups excluding carboxylic acids is 2. The van der Waals surface area contributed by atoms with E-state index < -0.39 is 12.2 Å². The molecule has 3 rings (SSSR count). The lowest BCUT2D eigenvalue weighted by Gasteiger charge is -2.16. The predicted octanol–water partition coefficient (Wildman–Crippen LogP) is 5.46. The second-order valence-electron chi connectivity index (χ2n) is 7.32. The normalized spacial score (nSPS) is 12.4. The van der Waals surface area contributed by atoms with Crippen LogP contribution in [0.15, 0.2) is 72.8 Å². The van der Waals surface area contributed by atoms with Crippen molar-refractivity contribution in [2.75, 3.05) is 10.6 Å². The standard InChI is InChI=1S/C25H25ClN2O4/c1-16-8-14-21(15-9-16)31-17(2)24(29)27-19-10-12-20(13-11-19)28-25(30)18(3)32-23-7-5-4-6-22(23)26/h4-15,17-18H,1-3H3,(H,27,29)(H,28,30). The number of amides is 2. The minimum Gasteiger partial charge on any atom is -0.481 e. The summed E-state index contributed by atoms with van der Waals surface area (Å²) in [7, 11) is 0. The van der Waals surface area contributed by atoms with Crippen molar-refractivity contribution in [2.45, 2.75) is 33.0 Å². The Morgan fingerprint density at radius 1 is 0.750 bits per heavy atom. The second kappa shape index (κ2) is 10.7. The highest BCUT2D eigenvalue weighted by molar-refractivity contribution is 6.32. The zero-order valence-electron chi connectivity index (χ0n) is 18.1. The zero-order valence-corrected chi connectivity index (χ0v) is 18.8. The van der Waals surface area contributed by atoms with Crippen LogP contribution in [0.2, 0.25) is 5.02 Å². The molecular formula is C25H25ClN2O4. The first-order chi connectivity index (χ1) is 15.3. The fourth-order valence-electron chi connectivity index (χ4n) is 2.78. The van der Waals surface area contributed by atoms with Crippen molar-refractivity contribution in [3.8, 4) is 11.5 Å². The molecule has 2 unspecified atom stereocenters. The Kier molecular flexibility index (Phi) is 7.73. The predicted molar refractivity (Wildman–Crippen MR) is 127 cm³/mol. The second-order valence-corrected chi connectivity index (χ2v) is 7.73. The summed E-state index contributed by atoms with van der Waals surface area (Å²) >= 11 is 6.07. The molecule has 7 heteroatoms. The topological polar surface area (TPSA) is 76.7 Å². The number of nitrogens with one attached hydrogen (secondary N) is 2. The van der Waals surface area contributed by atoms with Gasteiger partial charge in [-0.3, -0.25) is 9.59 Å². The number of anilines is 2. The molecule has 6 nitrogen and oxygen atoms in total. The average molecular weight is 453 g/mol. The molecular weight excluding hydrogens is 428 g/mol. The van der Waals surface area contributed by atoms with Gasteiger partial charge < -0.3 is 20.1 Å². The van der Waals surface area contributed by atoms with Gasteiger partial charge in [-0.25, -0.2) is 0 Å². The van der Waals surface area contributed by atoms with Crippen LogP contribution in [0.25, 0.3) is 0 Å². The molecule has 0 bridgehead atoms. The number of hydrogen-bond acceptors (Lipinski definition) is 4. The van der Waals surface area contributed by atoms with Gasteiger partial charge in [0.2, 0.25) is 0 Å². The maximum absolute atomic E-state index is 12.4. The van der Waals surface area contributed by atoms with Crippen molar-refractivity contribution < 1.29 is 19.1 Å². The van der Waals surface area contributed by atoms with E-state index in [-0.39, 0.29) is 11.8 Å². The van der Waals surface area contributed by atoms with Gasteiger partial charge in [-0.15, -0.1) is 0 Å². The molecule has 0 heterocycles. The third-order valence-electron chi connectivity index (χ3n) is 4.63. The summed E-state index contributed by atoms with van der Waals surface area (Å²) in [6.07, 6.45) is -1.41. The maximum atomic E-state index is 12.4. The smallest absolute Gasteiger partial charge is 0.265 e. The lowest BCUT2D eigenvalue weighted by Crippen LogP contribution is -2.30. The number of rotatable bonds is 8. The largest absolute Gasteiger partial charge is 0.481 e. The first kappa shape index (κ1) is 23.2. The number of ether oxygens (including phenoxy) is 2. The highest BCUT2D eigenvalue weighted by atomic mass is 35.5. The Bertz CT molecular complexity index is 1070. The van der Waals surface area contributed by atoms with Crippen molar-refractivity contribution in [1.29, 1.82) is 0 Å². The number of para-hydroxylation sites is 1. The molecule has 0 aliphatic carbocycles. The Hall–Kier alpha value is -3.51. The van der Waals surface area contributed by atoms with Gasteiger partial charge in [0.05, 0.1) is 5.02 Å². The van der Waals surface area contributed by atoms with E-state index in [0.717, 1.165) is 5.56 Å². The van der Waals surface area contributed by atoms with Crippen LogP contribution in [0.5, 0.6) is 11.5 Å². The average Bonchev–Trinajstić information content (AvgIpc) is 2.78. The lowest BCUT2D eigenvalue weighted by molar-refractivity contribution is -0.122. The molecule has 166 valence electrons. The van der Waals surface area contributed by atoms with Crippen molar-refractivity contribution in [2.24, 2.45) is 0 Å². The molecule has 2 atom stereocenters. The summed E-state index contributed by atoms with van der Waals surface area (Å²) in [5.74, 6) is 0.479. The van der Waals surface area contributed by atoms with E-state index >= 15 is 0 Å². The van der Waals surface area contributed by atoms with Crippen LogP contribution in [0, 0.1) is 6.92 Å². The van der Waals surface area contributed by atoms with Crippen LogP contribution in [0.3, 0.4) is 0 Å². The summed E-state index contributed by atoms with van der Waals surface area (Å²) in [6.45, 7) is 5.31. The molecule has 2 amide bonds. The summed E-state index contributed by atoms with van der Waals surface area (Å²) in [6, 6.07) is 21.3. The van der Waals surface area contributed by atoms with E-state index in [4.69, 9.17) is 21.1 Å². The van der Waals surface area contributed by atoms with Gasteiger partial charge in [0.1, 0.15) is 11.5 Å². The Labute approximate surface area is 192 Å². The van der Waals surface area contributed by atoms with Gasteiger partial charge in [-0.05, 0) is 69.3 Å². The van der Waals surface area contributed by atoms with Gasteiger partial charge in [0.15, 0.2) is 12.2 Å². The van der Waals surface area contributed by atoms with Crippen molar-refractivity contribution in [1.82, 2.24) is 0 Å². The highest BCUT2D eigenvalue weighted by Gasteiger charge is 2.17. The van der Waals surface area contributed by atoms with Crippen LogP contribution >= 0.6 is 11.6 Å². The molecule has 32 heavy (non-hydrogen) atoms. The maximum Gasteiger partial charge on any atom is 0.265 e. The number of hydrogen-bond donors (Lipinski definition) is 2. The van der Waals surface area contributed by atoms with Gasteiger partial charge >= 0.3 is 0 Å². The monoisotopic (exact) mass is 452 g/mol. The molecule has 3 aromatic rings. The summed E-state index contributed by atoms with van der Waals surface area (Å²) in [4.78, 5) is 24.8. The third-order valence-corrected chi connectivity index (χ3v) is 4.94. The molecule has 0 aliphatic rings. The quantitative estimate of drug-likeness (QED) is 0.475. The fourth-order valence-corrected chi connectivity index (χ4v) is 2.96. The Balaban J connectivity index is 1.51. The van der Waals surface area contributed by atoms with E-state index in [1.54, 1.807) is 62.4 Å². The van der Waals surface area contributed by atoms with E-state index in [9.17, 15) is 9.59 Å². The zero-order chi connectivity index (χ0) is 23.1. The summed E-state index contributed by atoms with van der Waals surface area (Å²) < 4.78 is 11.3. The minimum atomic E-state index is -0.742. The van der Waals surface area contributed by atoms with Crippen molar-refractivity contribution in [3.05, 3.63) is 83.4 Å². The van der Waals surface area contributed by atoms with Crippen LogP contribution < -0.4 is 20.1 Å². The molecule has 0 aliphatic heterocycles. The Morgan fingerprint density at radius 2 is 1.25 bits per heavy atom. The fraction of sp³-hybridized carbons (Fsp3) is 0.200. The third kappa shape index (κ3) is 6.49. The van der Waals surface area contributed by atoms with E-state index in [2.05, 4.69) is 10.6 Å². The van der Waals surface area contributed by atoms with Crippen LogP contribution in [0.4, 0.5) is 11.4 Å². The van der Waals surface area contributed by atoms with Crippen LogP contribution in [-0.2, 0) is 9.59 Å². The first-order valence-corrected chi connectivity index (χ1v) is 10.6. The van der Waals surface area contributed by atoms with E-state index in [1.807, 2.05) is 31.2 Å². The van der Waals surface area contributed by atoms with Crippen LogP contribution in [0.1, 0.15) is 19.4 Å². The van der Waals surface area contributed by atoms with Crippen LogP contribution in [-0.4, -0.2) is 24.0 Å². The van der Waals surface area contributed by atoms with E-state index in [1.165, 1.54) is 0 Å². The summed E-state index contributed by atoms with van der Waals surface area (Å²) in [5, 5.41) is 6.01. The molecule has 3 aromatic carbocycles.